The van der Waals surface area contributed by atoms with E-state index in [0.717, 1.165) is 0 Å². The van der Waals surface area contributed by atoms with Crippen LogP contribution < -0.4 is 0 Å². The molecule has 0 aliphatic rings. The molecule has 0 amide bonds. The molecule has 1 aromatic heterocycles. The Bertz CT molecular complexity index is 382. The van der Waals surface area contributed by atoms with Crippen molar-refractivity contribution in [3.05, 3.63) is 29.1 Å². The minimum Gasteiger partial charge on any atom is -0.274 e. The lowest BCUT2D eigenvalue weighted by Crippen LogP contribution is -2.05. The van der Waals surface area contributed by atoms with E-state index in [9.17, 15) is 22.4 Å². The van der Waals surface area contributed by atoms with Gasteiger partial charge < -0.3 is 0 Å². The Kier molecular flexibility index (Phi) is 3.05. The zero-order valence-electron chi connectivity index (χ0n) is 6.40. The van der Waals surface area contributed by atoms with Crippen LogP contribution in [0.15, 0.2) is 6.20 Å². The number of carbonyl (C=O) groups excluding carboxylic acids is 1. The average molecular weight is 228 g/mol. The van der Waals surface area contributed by atoms with Crippen LogP contribution in [0.25, 0.3) is 0 Å². The van der Waals surface area contributed by atoms with Gasteiger partial charge in [0.1, 0.15) is 0 Å². The van der Waals surface area contributed by atoms with Gasteiger partial charge in [-0.05, 0) is 11.6 Å². The maximum atomic E-state index is 12.8. The highest BCUT2D eigenvalue weighted by molar-refractivity contribution is 6.67. The van der Waals surface area contributed by atoms with Crippen molar-refractivity contribution in [3.8, 4) is 0 Å². The Hall–Kier alpha value is -1.17. The molecular formula is C7H2ClF4NO. The first-order valence-corrected chi connectivity index (χ1v) is 3.64. The van der Waals surface area contributed by atoms with E-state index in [4.69, 9.17) is 11.6 Å². The first kappa shape index (κ1) is 10.9. The summed E-state index contributed by atoms with van der Waals surface area (Å²) in [6.45, 7) is 0. The standard InChI is InChI=1S/C7H2ClF4NO/c8-6(14)5-4(10)3(9)2(1-13-5)7(11)12/h1,7H. The summed E-state index contributed by atoms with van der Waals surface area (Å²) >= 11 is 4.82. The molecule has 0 N–H and O–H groups in total. The summed E-state index contributed by atoms with van der Waals surface area (Å²) in [7, 11) is 0. The Morgan fingerprint density at radius 1 is 1.36 bits per heavy atom. The van der Waals surface area contributed by atoms with Gasteiger partial charge in [-0.2, -0.15) is 0 Å². The van der Waals surface area contributed by atoms with Crippen molar-refractivity contribution in [1.82, 2.24) is 4.98 Å². The van der Waals surface area contributed by atoms with Gasteiger partial charge in [0.05, 0.1) is 5.56 Å². The molecule has 7 heteroatoms. The first-order valence-electron chi connectivity index (χ1n) is 3.27. The molecule has 0 aromatic carbocycles. The number of pyridine rings is 1. The number of hydrogen-bond acceptors (Lipinski definition) is 2. The predicted octanol–water partition coefficient (Wildman–Crippen LogP) is 2.68. The molecule has 0 saturated heterocycles. The van der Waals surface area contributed by atoms with E-state index >= 15 is 0 Å². The molecule has 76 valence electrons. The number of nitrogens with zero attached hydrogens (tertiary/aromatic N) is 1. The van der Waals surface area contributed by atoms with Gasteiger partial charge in [-0.3, -0.25) is 4.79 Å². The van der Waals surface area contributed by atoms with Gasteiger partial charge in [-0.25, -0.2) is 22.5 Å². The topological polar surface area (TPSA) is 30.0 Å². The minimum absolute atomic E-state index is 0.374. The van der Waals surface area contributed by atoms with Crippen LogP contribution in [0.4, 0.5) is 17.6 Å². The van der Waals surface area contributed by atoms with Gasteiger partial charge in [-0.15, -0.1) is 0 Å². The van der Waals surface area contributed by atoms with E-state index in [2.05, 4.69) is 4.98 Å². The fourth-order valence-corrected chi connectivity index (χ4v) is 0.899. The van der Waals surface area contributed by atoms with Crippen LogP contribution in [0.3, 0.4) is 0 Å². The number of rotatable bonds is 2. The van der Waals surface area contributed by atoms with Crippen molar-refractivity contribution in [1.29, 1.82) is 0 Å². The number of aromatic nitrogens is 1. The largest absolute Gasteiger partial charge is 0.274 e. The normalized spacial score (nSPS) is 10.7. The fourth-order valence-electron chi connectivity index (χ4n) is 0.767. The third kappa shape index (κ3) is 1.84. The fraction of sp³-hybridized carbons (Fsp3) is 0.143. The van der Waals surface area contributed by atoms with Crippen LogP contribution in [-0.4, -0.2) is 10.2 Å². The molecule has 0 saturated carbocycles. The van der Waals surface area contributed by atoms with Gasteiger partial charge in [0, 0.05) is 6.20 Å². The average Bonchev–Trinajstić information content (AvgIpc) is 2.08. The zero-order chi connectivity index (χ0) is 10.9. The maximum absolute atomic E-state index is 12.8. The van der Waals surface area contributed by atoms with Crippen LogP contribution in [0.2, 0.25) is 0 Å². The quantitative estimate of drug-likeness (QED) is 0.574. The Morgan fingerprint density at radius 3 is 2.36 bits per heavy atom. The lowest BCUT2D eigenvalue weighted by Gasteiger charge is -2.03. The molecule has 1 aromatic rings. The predicted molar refractivity (Wildman–Crippen MR) is 39.3 cm³/mol. The summed E-state index contributed by atoms with van der Waals surface area (Å²) in [5.74, 6) is -3.57. The van der Waals surface area contributed by atoms with Gasteiger partial charge in [-0.1, -0.05) is 0 Å². The molecule has 0 aliphatic heterocycles. The second-order valence-corrected chi connectivity index (χ2v) is 2.61. The number of alkyl halides is 2. The highest BCUT2D eigenvalue weighted by Gasteiger charge is 2.23. The summed E-state index contributed by atoms with van der Waals surface area (Å²) < 4.78 is 49.5. The highest BCUT2D eigenvalue weighted by atomic mass is 35.5. The second kappa shape index (κ2) is 3.91. The molecule has 14 heavy (non-hydrogen) atoms. The number of carbonyl (C=O) groups is 1. The van der Waals surface area contributed by atoms with Gasteiger partial charge in [0.2, 0.25) is 0 Å². The monoisotopic (exact) mass is 227 g/mol. The van der Waals surface area contributed by atoms with Crippen molar-refractivity contribution in [3.63, 3.8) is 0 Å². The maximum Gasteiger partial charge on any atom is 0.273 e. The van der Waals surface area contributed by atoms with Crippen LogP contribution in [0, 0.1) is 11.6 Å². The zero-order valence-corrected chi connectivity index (χ0v) is 7.16. The smallest absolute Gasteiger partial charge is 0.273 e. The summed E-state index contributed by atoms with van der Waals surface area (Å²) in [6, 6.07) is 0. The van der Waals surface area contributed by atoms with Crippen molar-refractivity contribution in [2.24, 2.45) is 0 Å². The summed E-state index contributed by atoms with van der Waals surface area (Å²) in [5, 5.41) is -1.35. The Balaban J connectivity index is 3.33. The van der Waals surface area contributed by atoms with Crippen molar-refractivity contribution in [2.75, 3.05) is 0 Å². The lowest BCUT2D eigenvalue weighted by atomic mass is 10.2. The molecule has 0 aliphatic carbocycles. The third-order valence-corrected chi connectivity index (χ3v) is 1.59. The molecule has 2 nitrogen and oxygen atoms in total. The van der Waals surface area contributed by atoms with E-state index in [1.165, 1.54) is 0 Å². The Labute approximate surface area is 80.5 Å². The molecule has 0 radical (unpaired) electrons. The SMILES string of the molecule is O=C(Cl)c1ncc(C(F)F)c(F)c1F. The van der Waals surface area contributed by atoms with E-state index < -0.39 is 34.6 Å². The minimum atomic E-state index is -3.20. The van der Waals surface area contributed by atoms with E-state index in [-0.39, 0.29) is 0 Å². The lowest BCUT2D eigenvalue weighted by molar-refractivity contribution is 0.106. The first-order chi connectivity index (χ1) is 6.45. The molecule has 0 unspecified atom stereocenters. The summed E-state index contributed by atoms with van der Waals surface area (Å²) in [5.41, 5.74) is -2.21. The molecule has 0 spiro atoms. The van der Waals surface area contributed by atoms with Crippen LogP contribution in [-0.2, 0) is 0 Å². The number of halogens is 5. The molecule has 1 rings (SSSR count). The van der Waals surface area contributed by atoms with E-state index in [1.54, 1.807) is 0 Å². The molecular weight excluding hydrogens is 226 g/mol. The summed E-state index contributed by atoms with van der Waals surface area (Å²) in [6.07, 6.45) is -2.82. The van der Waals surface area contributed by atoms with Crippen molar-refractivity contribution < 1.29 is 22.4 Å². The van der Waals surface area contributed by atoms with Crippen LogP contribution in [0.1, 0.15) is 22.5 Å². The van der Waals surface area contributed by atoms with Crippen molar-refractivity contribution >= 4 is 16.8 Å². The second-order valence-electron chi connectivity index (χ2n) is 2.26. The highest BCUT2D eigenvalue weighted by Crippen LogP contribution is 2.24. The molecule has 0 fully saturated rings. The number of hydrogen-bond donors (Lipinski definition) is 0. The van der Waals surface area contributed by atoms with Gasteiger partial charge >= 0.3 is 0 Å². The Morgan fingerprint density at radius 2 is 1.93 bits per heavy atom. The molecule has 0 bridgehead atoms. The van der Waals surface area contributed by atoms with E-state index in [1.807, 2.05) is 0 Å². The van der Waals surface area contributed by atoms with Crippen molar-refractivity contribution in [2.45, 2.75) is 6.43 Å². The third-order valence-electron chi connectivity index (χ3n) is 1.41. The van der Waals surface area contributed by atoms with Crippen LogP contribution in [0.5, 0.6) is 0 Å². The molecule has 1 heterocycles. The summed E-state index contributed by atoms with van der Waals surface area (Å²) in [4.78, 5) is 13.4. The van der Waals surface area contributed by atoms with Gasteiger partial charge in [0.15, 0.2) is 17.3 Å². The molecule has 0 atom stereocenters. The van der Waals surface area contributed by atoms with E-state index in [0.29, 0.717) is 6.20 Å². The van der Waals surface area contributed by atoms with Gasteiger partial charge in [0.25, 0.3) is 11.7 Å². The van der Waals surface area contributed by atoms with Crippen LogP contribution >= 0.6 is 11.6 Å².